The topological polar surface area (TPSA) is 35.2 Å². The predicted octanol–water partition coefficient (Wildman–Crippen LogP) is 2.89. The first-order valence-electron chi connectivity index (χ1n) is 6.32. The lowest BCUT2D eigenvalue weighted by atomic mass is 9.86. The fourth-order valence-electron chi connectivity index (χ4n) is 2.08. The molecule has 1 atom stereocenters. The van der Waals surface area contributed by atoms with Crippen molar-refractivity contribution in [3.05, 3.63) is 29.6 Å². The third-order valence-electron chi connectivity index (χ3n) is 3.28. The van der Waals surface area contributed by atoms with Gasteiger partial charge in [0.2, 0.25) is 0 Å². The molecular formula is C14H20FNO. The van der Waals surface area contributed by atoms with Gasteiger partial charge in [0, 0.05) is 6.04 Å². The van der Waals surface area contributed by atoms with Crippen molar-refractivity contribution in [2.24, 2.45) is 11.7 Å². The van der Waals surface area contributed by atoms with Crippen molar-refractivity contribution in [1.82, 2.24) is 0 Å². The zero-order valence-corrected chi connectivity index (χ0v) is 10.3. The maximum Gasteiger partial charge on any atom is 0.165 e. The van der Waals surface area contributed by atoms with Crippen LogP contribution in [0.1, 0.15) is 31.7 Å². The Morgan fingerprint density at radius 3 is 2.82 bits per heavy atom. The highest BCUT2D eigenvalue weighted by Gasteiger charge is 2.19. The summed E-state index contributed by atoms with van der Waals surface area (Å²) in [6.07, 6.45) is 4.34. The summed E-state index contributed by atoms with van der Waals surface area (Å²) < 4.78 is 19.3. The summed E-state index contributed by atoms with van der Waals surface area (Å²) >= 11 is 0. The third-order valence-corrected chi connectivity index (χ3v) is 3.28. The quantitative estimate of drug-likeness (QED) is 0.854. The number of ether oxygens (including phenoxy) is 1. The van der Waals surface area contributed by atoms with Gasteiger partial charge in [-0.3, -0.25) is 0 Å². The molecule has 0 bridgehead atoms. The summed E-state index contributed by atoms with van der Waals surface area (Å²) in [4.78, 5) is 0. The van der Waals surface area contributed by atoms with Crippen LogP contribution in [0.15, 0.2) is 18.2 Å². The molecule has 3 heteroatoms. The van der Waals surface area contributed by atoms with E-state index in [4.69, 9.17) is 10.5 Å². The molecule has 1 unspecified atom stereocenters. The molecule has 1 fully saturated rings. The number of nitrogens with two attached hydrogens (primary N) is 1. The Bertz CT molecular complexity index is 374. The van der Waals surface area contributed by atoms with E-state index in [-0.39, 0.29) is 11.9 Å². The highest BCUT2D eigenvalue weighted by molar-refractivity contribution is 5.35. The molecule has 0 radical (unpaired) electrons. The number of hydrogen-bond acceptors (Lipinski definition) is 2. The number of halogens is 1. The minimum absolute atomic E-state index is 0.0165. The summed E-state index contributed by atoms with van der Waals surface area (Å²) in [5.41, 5.74) is 6.63. The summed E-state index contributed by atoms with van der Waals surface area (Å²) in [6, 6.07) is 5.06. The first kappa shape index (κ1) is 12.4. The number of rotatable bonds is 5. The Hall–Kier alpha value is -1.09. The minimum Gasteiger partial charge on any atom is -0.490 e. The van der Waals surface area contributed by atoms with Gasteiger partial charge in [-0.1, -0.05) is 18.6 Å². The van der Waals surface area contributed by atoms with Gasteiger partial charge in [-0.25, -0.2) is 4.39 Å². The molecule has 17 heavy (non-hydrogen) atoms. The fourth-order valence-corrected chi connectivity index (χ4v) is 2.08. The van der Waals surface area contributed by atoms with Gasteiger partial charge in [0.15, 0.2) is 11.6 Å². The van der Waals surface area contributed by atoms with Crippen LogP contribution >= 0.6 is 0 Å². The van der Waals surface area contributed by atoms with Crippen molar-refractivity contribution in [2.45, 2.75) is 38.6 Å². The van der Waals surface area contributed by atoms with Crippen LogP contribution in [0.4, 0.5) is 4.39 Å². The first-order valence-corrected chi connectivity index (χ1v) is 6.32. The van der Waals surface area contributed by atoms with Gasteiger partial charge in [0.05, 0.1) is 6.61 Å². The monoisotopic (exact) mass is 237 g/mol. The van der Waals surface area contributed by atoms with Crippen LogP contribution in [0.25, 0.3) is 0 Å². The van der Waals surface area contributed by atoms with Crippen molar-refractivity contribution in [3.8, 4) is 5.75 Å². The van der Waals surface area contributed by atoms with E-state index in [9.17, 15) is 4.39 Å². The molecule has 1 aromatic carbocycles. The molecule has 0 amide bonds. The van der Waals surface area contributed by atoms with Gasteiger partial charge in [-0.2, -0.15) is 0 Å². The second-order valence-corrected chi connectivity index (χ2v) is 5.02. The van der Waals surface area contributed by atoms with Gasteiger partial charge >= 0.3 is 0 Å². The standard InChI is InChI=1S/C14H20FNO/c1-10(16)8-12-6-3-7-13(15)14(12)17-9-11-4-2-5-11/h3,6-7,10-11H,2,4-5,8-9,16H2,1H3. The van der Waals surface area contributed by atoms with Gasteiger partial charge < -0.3 is 10.5 Å². The molecule has 2 rings (SSSR count). The molecule has 94 valence electrons. The molecule has 0 aromatic heterocycles. The highest BCUT2D eigenvalue weighted by Crippen LogP contribution is 2.29. The maximum atomic E-state index is 13.7. The van der Waals surface area contributed by atoms with E-state index in [1.165, 1.54) is 25.3 Å². The Balaban J connectivity index is 2.05. The van der Waals surface area contributed by atoms with Crippen LogP contribution in [0.3, 0.4) is 0 Å². The lowest BCUT2D eigenvalue weighted by Crippen LogP contribution is -2.22. The Morgan fingerprint density at radius 2 is 2.24 bits per heavy atom. The lowest BCUT2D eigenvalue weighted by Gasteiger charge is -2.26. The summed E-state index contributed by atoms with van der Waals surface area (Å²) in [7, 11) is 0. The second-order valence-electron chi connectivity index (χ2n) is 5.02. The predicted molar refractivity (Wildman–Crippen MR) is 66.6 cm³/mol. The molecule has 0 aliphatic heterocycles. The molecule has 2 nitrogen and oxygen atoms in total. The summed E-state index contributed by atoms with van der Waals surface area (Å²) in [5, 5.41) is 0. The smallest absolute Gasteiger partial charge is 0.165 e. The largest absolute Gasteiger partial charge is 0.490 e. The zero-order chi connectivity index (χ0) is 12.3. The van der Waals surface area contributed by atoms with Crippen molar-refractivity contribution < 1.29 is 9.13 Å². The van der Waals surface area contributed by atoms with Crippen molar-refractivity contribution in [1.29, 1.82) is 0 Å². The maximum absolute atomic E-state index is 13.7. The van der Waals surface area contributed by atoms with E-state index in [2.05, 4.69) is 0 Å². The molecule has 0 heterocycles. The van der Waals surface area contributed by atoms with Gasteiger partial charge in [-0.05, 0) is 43.7 Å². The van der Waals surface area contributed by atoms with Crippen molar-refractivity contribution in [2.75, 3.05) is 6.61 Å². The number of para-hydroxylation sites is 1. The van der Waals surface area contributed by atoms with E-state index in [1.807, 2.05) is 13.0 Å². The van der Waals surface area contributed by atoms with Crippen molar-refractivity contribution in [3.63, 3.8) is 0 Å². The Kier molecular flexibility index (Phi) is 4.00. The van der Waals surface area contributed by atoms with E-state index in [1.54, 1.807) is 6.07 Å². The van der Waals surface area contributed by atoms with Gasteiger partial charge in [-0.15, -0.1) is 0 Å². The molecule has 1 saturated carbocycles. The van der Waals surface area contributed by atoms with E-state index < -0.39 is 0 Å². The van der Waals surface area contributed by atoms with E-state index >= 15 is 0 Å². The molecule has 0 saturated heterocycles. The van der Waals surface area contributed by atoms with Crippen LogP contribution in [0.5, 0.6) is 5.75 Å². The van der Waals surface area contributed by atoms with Gasteiger partial charge in [0.25, 0.3) is 0 Å². The average molecular weight is 237 g/mol. The Labute approximate surface area is 102 Å². The van der Waals surface area contributed by atoms with Crippen LogP contribution in [-0.4, -0.2) is 12.6 Å². The molecular weight excluding hydrogens is 217 g/mol. The molecule has 1 aromatic rings. The van der Waals surface area contributed by atoms with Gasteiger partial charge in [0.1, 0.15) is 0 Å². The Morgan fingerprint density at radius 1 is 1.47 bits per heavy atom. The lowest BCUT2D eigenvalue weighted by molar-refractivity contribution is 0.174. The molecule has 0 spiro atoms. The summed E-state index contributed by atoms with van der Waals surface area (Å²) in [6.45, 7) is 2.55. The fraction of sp³-hybridized carbons (Fsp3) is 0.571. The van der Waals surface area contributed by atoms with Crippen molar-refractivity contribution >= 4 is 0 Å². The van der Waals surface area contributed by atoms with Crippen LogP contribution in [0, 0.1) is 11.7 Å². The second kappa shape index (κ2) is 5.50. The number of benzene rings is 1. The highest BCUT2D eigenvalue weighted by atomic mass is 19.1. The van der Waals surface area contributed by atoms with E-state index in [0.29, 0.717) is 24.7 Å². The first-order chi connectivity index (χ1) is 8.16. The normalized spacial score (nSPS) is 17.6. The zero-order valence-electron chi connectivity index (χ0n) is 10.3. The molecule has 2 N–H and O–H groups in total. The average Bonchev–Trinajstić information content (AvgIpc) is 2.18. The minimum atomic E-state index is -0.275. The molecule has 1 aliphatic rings. The summed E-state index contributed by atoms with van der Waals surface area (Å²) in [5.74, 6) is 0.733. The number of hydrogen-bond donors (Lipinski definition) is 1. The SMILES string of the molecule is CC(N)Cc1cccc(F)c1OCC1CCC1. The third kappa shape index (κ3) is 3.19. The molecule has 1 aliphatic carbocycles. The van der Waals surface area contributed by atoms with Crippen LogP contribution < -0.4 is 10.5 Å². The van der Waals surface area contributed by atoms with E-state index in [0.717, 1.165) is 5.56 Å². The van der Waals surface area contributed by atoms with Crippen LogP contribution in [-0.2, 0) is 6.42 Å². The van der Waals surface area contributed by atoms with Crippen LogP contribution in [0.2, 0.25) is 0 Å².